The Morgan fingerprint density at radius 3 is 2.38 bits per heavy atom. The van der Waals surface area contributed by atoms with Crippen LogP contribution in [0.15, 0.2) is 36.5 Å². The zero-order valence-electron chi connectivity index (χ0n) is 9.38. The van der Waals surface area contributed by atoms with Crippen LogP contribution in [0.5, 0.6) is 5.75 Å². The predicted octanol–water partition coefficient (Wildman–Crippen LogP) is 2.97. The van der Waals surface area contributed by atoms with Gasteiger partial charge in [0.05, 0.1) is 5.69 Å². The Morgan fingerprint density at radius 1 is 1.06 bits per heavy atom. The summed E-state index contributed by atoms with van der Waals surface area (Å²) in [5.41, 5.74) is 1.88. The SMILES string of the molecule is CC(C)c1nccc(-c2ccc(O)cc2)n1. The van der Waals surface area contributed by atoms with Crippen LogP contribution in [-0.4, -0.2) is 15.1 Å². The van der Waals surface area contributed by atoms with Crippen LogP contribution in [0.3, 0.4) is 0 Å². The third-order valence-electron chi connectivity index (χ3n) is 2.35. The molecule has 2 rings (SSSR count). The Hall–Kier alpha value is -1.90. The van der Waals surface area contributed by atoms with Crippen LogP contribution < -0.4 is 0 Å². The lowest BCUT2D eigenvalue weighted by Gasteiger charge is -2.06. The van der Waals surface area contributed by atoms with Gasteiger partial charge in [-0.1, -0.05) is 13.8 Å². The molecule has 1 N–H and O–H groups in total. The molecule has 2 aromatic rings. The lowest BCUT2D eigenvalue weighted by atomic mass is 10.1. The lowest BCUT2D eigenvalue weighted by Crippen LogP contribution is -1.97. The summed E-state index contributed by atoms with van der Waals surface area (Å²) in [6, 6.07) is 8.89. The van der Waals surface area contributed by atoms with Gasteiger partial charge in [0.2, 0.25) is 0 Å². The maximum Gasteiger partial charge on any atom is 0.131 e. The van der Waals surface area contributed by atoms with Crippen LogP contribution in [0.4, 0.5) is 0 Å². The van der Waals surface area contributed by atoms with E-state index in [-0.39, 0.29) is 5.75 Å². The Balaban J connectivity index is 2.40. The quantitative estimate of drug-likeness (QED) is 0.835. The molecule has 0 aliphatic heterocycles. The first kappa shape index (κ1) is 10.6. The van der Waals surface area contributed by atoms with Crippen LogP contribution in [-0.2, 0) is 0 Å². The summed E-state index contributed by atoms with van der Waals surface area (Å²) < 4.78 is 0. The molecule has 82 valence electrons. The topological polar surface area (TPSA) is 46.0 Å². The summed E-state index contributed by atoms with van der Waals surface area (Å²) in [6.45, 7) is 4.13. The fraction of sp³-hybridized carbons (Fsp3) is 0.231. The molecule has 0 bridgehead atoms. The molecule has 0 spiro atoms. The third kappa shape index (κ3) is 2.19. The Morgan fingerprint density at radius 2 is 1.75 bits per heavy atom. The Kier molecular flexibility index (Phi) is 2.86. The van der Waals surface area contributed by atoms with Gasteiger partial charge in [-0.25, -0.2) is 9.97 Å². The predicted molar refractivity (Wildman–Crippen MR) is 63.2 cm³/mol. The van der Waals surface area contributed by atoms with E-state index in [1.807, 2.05) is 18.2 Å². The first-order chi connectivity index (χ1) is 7.66. The number of phenolic OH excluding ortho intramolecular Hbond substituents is 1. The molecule has 0 saturated carbocycles. The maximum atomic E-state index is 9.21. The van der Waals surface area contributed by atoms with E-state index in [1.165, 1.54) is 0 Å². The highest BCUT2D eigenvalue weighted by Crippen LogP contribution is 2.20. The minimum Gasteiger partial charge on any atom is -0.508 e. The van der Waals surface area contributed by atoms with Crippen molar-refractivity contribution in [1.82, 2.24) is 9.97 Å². The largest absolute Gasteiger partial charge is 0.508 e. The zero-order chi connectivity index (χ0) is 11.5. The van der Waals surface area contributed by atoms with E-state index < -0.39 is 0 Å². The minimum absolute atomic E-state index is 0.266. The molecule has 1 aromatic heterocycles. The normalized spacial score (nSPS) is 10.7. The van der Waals surface area contributed by atoms with Gasteiger partial charge in [0, 0.05) is 17.7 Å². The number of rotatable bonds is 2. The van der Waals surface area contributed by atoms with Crippen molar-refractivity contribution in [2.45, 2.75) is 19.8 Å². The van der Waals surface area contributed by atoms with Gasteiger partial charge in [-0.2, -0.15) is 0 Å². The molecule has 0 saturated heterocycles. The van der Waals surface area contributed by atoms with Crippen LogP contribution in [0.25, 0.3) is 11.3 Å². The number of aromatic nitrogens is 2. The van der Waals surface area contributed by atoms with Crippen molar-refractivity contribution in [2.24, 2.45) is 0 Å². The molecule has 0 atom stereocenters. The molecule has 3 nitrogen and oxygen atoms in total. The molecule has 0 aliphatic carbocycles. The number of hydrogen-bond acceptors (Lipinski definition) is 3. The van der Waals surface area contributed by atoms with Gasteiger partial charge in [0.25, 0.3) is 0 Å². The number of phenols is 1. The molecular formula is C13H14N2O. The van der Waals surface area contributed by atoms with Gasteiger partial charge >= 0.3 is 0 Å². The van der Waals surface area contributed by atoms with Gasteiger partial charge in [-0.15, -0.1) is 0 Å². The van der Waals surface area contributed by atoms with E-state index in [2.05, 4.69) is 23.8 Å². The average molecular weight is 214 g/mol. The molecule has 0 aliphatic rings. The van der Waals surface area contributed by atoms with Crippen molar-refractivity contribution >= 4 is 0 Å². The molecule has 0 amide bonds. The molecule has 16 heavy (non-hydrogen) atoms. The first-order valence-corrected chi connectivity index (χ1v) is 5.29. The summed E-state index contributed by atoms with van der Waals surface area (Å²) in [5, 5.41) is 9.21. The smallest absolute Gasteiger partial charge is 0.131 e. The highest BCUT2D eigenvalue weighted by atomic mass is 16.3. The number of nitrogens with zero attached hydrogens (tertiary/aromatic N) is 2. The van der Waals surface area contributed by atoms with Gasteiger partial charge in [-0.3, -0.25) is 0 Å². The van der Waals surface area contributed by atoms with Gasteiger partial charge in [0.1, 0.15) is 11.6 Å². The zero-order valence-corrected chi connectivity index (χ0v) is 9.38. The van der Waals surface area contributed by atoms with Gasteiger partial charge < -0.3 is 5.11 Å². The van der Waals surface area contributed by atoms with E-state index in [1.54, 1.807) is 18.3 Å². The second-order valence-corrected chi connectivity index (χ2v) is 4.00. The lowest BCUT2D eigenvalue weighted by molar-refractivity contribution is 0.475. The highest BCUT2D eigenvalue weighted by molar-refractivity contribution is 5.59. The molecule has 0 radical (unpaired) electrons. The van der Waals surface area contributed by atoms with Crippen molar-refractivity contribution < 1.29 is 5.11 Å². The fourth-order valence-corrected chi connectivity index (χ4v) is 1.44. The standard InChI is InChI=1S/C13H14N2O/c1-9(2)13-14-8-7-12(15-13)10-3-5-11(16)6-4-10/h3-9,16H,1-2H3. The van der Waals surface area contributed by atoms with E-state index in [0.29, 0.717) is 5.92 Å². The number of aromatic hydroxyl groups is 1. The molecule has 3 heteroatoms. The monoisotopic (exact) mass is 214 g/mol. The number of hydrogen-bond donors (Lipinski definition) is 1. The first-order valence-electron chi connectivity index (χ1n) is 5.29. The van der Waals surface area contributed by atoms with Crippen molar-refractivity contribution in [1.29, 1.82) is 0 Å². The van der Waals surface area contributed by atoms with E-state index in [0.717, 1.165) is 17.1 Å². The van der Waals surface area contributed by atoms with E-state index in [9.17, 15) is 5.11 Å². The summed E-state index contributed by atoms with van der Waals surface area (Å²) in [6.07, 6.45) is 1.77. The Labute approximate surface area is 94.8 Å². The van der Waals surface area contributed by atoms with Crippen molar-refractivity contribution in [3.63, 3.8) is 0 Å². The number of benzene rings is 1. The van der Waals surface area contributed by atoms with E-state index in [4.69, 9.17) is 0 Å². The van der Waals surface area contributed by atoms with Crippen molar-refractivity contribution in [3.8, 4) is 17.0 Å². The van der Waals surface area contributed by atoms with Gasteiger partial charge in [0.15, 0.2) is 0 Å². The molecule has 1 aromatic carbocycles. The fourth-order valence-electron chi connectivity index (χ4n) is 1.44. The van der Waals surface area contributed by atoms with Crippen LogP contribution in [0.1, 0.15) is 25.6 Å². The second-order valence-electron chi connectivity index (χ2n) is 4.00. The molecule has 1 heterocycles. The van der Waals surface area contributed by atoms with Crippen molar-refractivity contribution in [3.05, 3.63) is 42.4 Å². The van der Waals surface area contributed by atoms with E-state index >= 15 is 0 Å². The van der Waals surface area contributed by atoms with Crippen LogP contribution >= 0.6 is 0 Å². The summed E-state index contributed by atoms with van der Waals surface area (Å²) in [7, 11) is 0. The highest BCUT2D eigenvalue weighted by Gasteiger charge is 2.05. The molecule has 0 unspecified atom stereocenters. The minimum atomic E-state index is 0.266. The summed E-state index contributed by atoms with van der Waals surface area (Å²) >= 11 is 0. The second kappa shape index (κ2) is 4.31. The van der Waals surface area contributed by atoms with Gasteiger partial charge in [-0.05, 0) is 30.3 Å². The average Bonchev–Trinajstić information content (AvgIpc) is 2.30. The summed E-state index contributed by atoms with van der Waals surface area (Å²) in [5.74, 6) is 1.42. The summed E-state index contributed by atoms with van der Waals surface area (Å²) in [4.78, 5) is 8.70. The van der Waals surface area contributed by atoms with Crippen LogP contribution in [0, 0.1) is 0 Å². The van der Waals surface area contributed by atoms with Crippen LogP contribution in [0.2, 0.25) is 0 Å². The molecule has 0 fully saturated rings. The Bertz CT molecular complexity index is 478. The molecular weight excluding hydrogens is 200 g/mol. The maximum absolute atomic E-state index is 9.21. The van der Waals surface area contributed by atoms with Crippen molar-refractivity contribution in [2.75, 3.05) is 0 Å². The third-order valence-corrected chi connectivity index (χ3v) is 2.35.